The van der Waals surface area contributed by atoms with Gasteiger partial charge in [0.25, 0.3) is 0 Å². The minimum absolute atomic E-state index is 0.111. The van der Waals surface area contributed by atoms with Crippen LogP contribution in [0.3, 0.4) is 0 Å². The third-order valence-corrected chi connectivity index (χ3v) is 3.77. The van der Waals surface area contributed by atoms with Gasteiger partial charge < -0.3 is 4.42 Å². The molecule has 0 amide bonds. The highest BCUT2D eigenvalue weighted by Crippen LogP contribution is 2.28. The van der Waals surface area contributed by atoms with Gasteiger partial charge in [-0.2, -0.15) is 0 Å². The molecular weight excluding hydrogens is 291 g/mol. The topological polar surface area (TPSA) is 30.2 Å². The molecule has 0 spiro atoms. The molecule has 0 aliphatic rings. The van der Waals surface area contributed by atoms with Gasteiger partial charge in [-0.3, -0.25) is 4.79 Å². The fourth-order valence-electron chi connectivity index (χ4n) is 2.54. The van der Waals surface area contributed by atoms with Crippen molar-refractivity contribution in [3.63, 3.8) is 0 Å². The molecule has 0 unspecified atom stereocenters. The SMILES string of the molecule is CC(=O)c1oc(-c2ccc(C)cc2)cc1Cc1ccc(F)cc1. The van der Waals surface area contributed by atoms with Crippen LogP contribution in [0.15, 0.2) is 59.0 Å². The van der Waals surface area contributed by atoms with E-state index in [1.807, 2.05) is 37.3 Å². The first kappa shape index (κ1) is 15.2. The largest absolute Gasteiger partial charge is 0.453 e. The molecule has 0 bridgehead atoms. The molecule has 0 saturated carbocycles. The standard InChI is InChI=1S/C20H17FO2/c1-13-3-7-16(8-4-13)19-12-17(20(23-19)14(2)22)11-15-5-9-18(21)10-6-15/h3-10,12H,11H2,1-2H3. The van der Waals surface area contributed by atoms with Crippen molar-refractivity contribution in [1.29, 1.82) is 0 Å². The second-order valence-corrected chi connectivity index (χ2v) is 5.69. The highest BCUT2D eigenvalue weighted by molar-refractivity contribution is 5.93. The van der Waals surface area contributed by atoms with E-state index in [4.69, 9.17) is 4.42 Å². The van der Waals surface area contributed by atoms with E-state index in [1.165, 1.54) is 24.6 Å². The van der Waals surface area contributed by atoms with Gasteiger partial charge in [0.05, 0.1) is 0 Å². The molecule has 1 aromatic heterocycles. The molecule has 0 fully saturated rings. The third kappa shape index (κ3) is 3.39. The number of rotatable bonds is 4. The van der Waals surface area contributed by atoms with E-state index in [2.05, 4.69) is 0 Å². The van der Waals surface area contributed by atoms with Crippen molar-refractivity contribution in [2.24, 2.45) is 0 Å². The molecule has 2 nitrogen and oxygen atoms in total. The van der Waals surface area contributed by atoms with Gasteiger partial charge in [0, 0.05) is 24.5 Å². The summed E-state index contributed by atoms with van der Waals surface area (Å²) in [4.78, 5) is 11.9. The van der Waals surface area contributed by atoms with E-state index in [-0.39, 0.29) is 11.6 Å². The van der Waals surface area contributed by atoms with Gasteiger partial charge in [-0.15, -0.1) is 0 Å². The van der Waals surface area contributed by atoms with Crippen LogP contribution in [0, 0.1) is 12.7 Å². The second kappa shape index (κ2) is 6.21. The van der Waals surface area contributed by atoms with E-state index in [0.717, 1.165) is 16.7 Å². The maximum atomic E-state index is 13.0. The molecule has 0 atom stereocenters. The lowest BCUT2D eigenvalue weighted by Crippen LogP contribution is -1.96. The summed E-state index contributed by atoms with van der Waals surface area (Å²) in [5.74, 6) is 0.658. The first-order valence-corrected chi connectivity index (χ1v) is 7.48. The number of carbonyl (C=O) groups is 1. The molecule has 0 N–H and O–H groups in total. The Hall–Kier alpha value is -2.68. The number of carbonyl (C=O) groups excluding carboxylic acids is 1. The van der Waals surface area contributed by atoms with Crippen LogP contribution in [-0.4, -0.2) is 5.78 Å². The first-order chi connectivity index (χ1) is 11.0. The lowest BCUT2D eigenvalue weighted by Gasteiger charge is -2.00. The van der Waals surface area contributed by atoms with Crippen molar-refractivity contribution < 1.29 is 13.6 Å². The molecule has 116 valence electrons. The molecule has 0 aliphatic carbocycles. The van der Waals surface area contributed by atoms with Gasteiger partial charge in [-0.1, -0.05) is 42.0 Å². The Kier molecular flexibility index (Phi) is 4.11. The maximum Gasteiger partial charge on any atom is 0.195 e. The zero-order chi connectivity index (χ0) is 16.4. The van der Waals surface area contributed by atoms with Gasteiger partial charge in [0.15, 0.2) is 11.5 Å². The lowest BCUT2D eigenvalue weighted by molar-refractivity contribution is 0.0987. The van der Waals surface area contributed by atoms with Crippen molar-refractivity contribution in [3.05, 3.63) is 82.9 Å². The fraction of sp³-hybridized carbons (Fsp3) is 0.150. The number of halogens is 1. The van der Waals surface area contributed by atoms with Crippen LogP contribution in [0.2, 0.25) is 0 Å². The predicted molar refractivity (Wildman–Crippen MR) is 88.1 cm³/mol. The molecule has 1 heterocycles. The molecule has 23 heavy (non-hydrogen) atoms. The minimum Gasteiger partial charge on any atom is -0.453 e. The average Bonchev–Trinajstić information content (AvgIpc) is 2.94. The van der Waals surface area contributed by atoms with Crippen LogP contribution in [0.25, 0.3) is 11.3 Å². The van der Waals surface area contributed by atoms with Gasteiger partial charge in [-0.25, -0.2) is 4.39 Å². The second-order valence-electron chi connectivity index (χ2n) is 5.69. The highest BCUT2D eigenvalue weighted by atomic mass is 19.1. The monoisotopic (exact) mass is 308 g/mol. The van der Waals surface area contributed by atoms with Crippen molar-refractivity contribution in [2.45, 2.75) is 20.3 Å². The summed E-state index contributed by atoms with van der Waals surface area (Å²) in [6.45, 7) is 3.51. The van der Waals surface area contributed by atoms with Gasteiger partial charge in [-0.05, 0) is 30.7 Å². The Morgan fingerprint density at radius 2 is 1.70 bits per heavy atom. The number of furan rings is 1. The van der Waals surface area contributed by atoms with Crippen molar-refractivity contribution in [1.82, 2.24) is 0 Å². The van der Waals surface area contributed by atoms with Crippen LogP contribution in [0.5, 0.6) is 0 Å². The van der Waals surface area contributed by atoms with E-state index >= 15 is 0 Å². The Morgan fingerprint density at radius 3 is 2.30 bits per heavy atom. The predicted octanol–water partition coefficient (Wildman–Crippen LogP) is 5.19. The van der Waals surface area contributed by atoms with Gasteiger partial charge in [0.1, 0.15) is 11.6 Å². The summed E-state index contributed by atoms with van der Waals surface area (Å²) in [6.07, 6.45) is 0.532. The summed E-state index contributed by atoms with van der Waals surface area (Å²) >= 11 is 0. The Morgan fingerprint density at radius 1 is 1.04 bits per heavy atom. The van der Waals surface area contributed by atoms with Crippen molar-refractivity contribution in [2.75, 3.05) is 0 Å². The van der Waals surface area contributed by atoms with Crippen molar-refractivity contribution in [3.8, 4) is 11.3 Å². The van der Waals surface area contributed by atoms with Crippen LogP contribution in [0.4, 0.5) is 4.39 Å². The smallest absolute Gasteiger partial charge is 0.195 e. The Labute approximate surface area is 134 Å². The molecule has 3 aromatic rings. The number of hydrogen-bond acceptors (Lipinski definition) is 2. The van der Waals surface area contributed by atoms with E-state index in [0.29, 0.717) is 17.9 Å². The van der Waals surface area contributed by atoms with E-state index < -0.39 is 0 Å². The van der Waals surface area contributed by atoms with E-state index in [1.54, 1.807) is 12.1 Å². The molecule has 2 aromatic carbocycles. The highest BCUT2D eigenvalue weighted by Gasteiger charge is 2.16. The van der Waals surface area contributed by atoms with Gasteiger partial charge >= 0.3 is 0 Å². The summed E-state index contributed by atoms with van der Waals surface area (Å²) in [7, 11) is 0. The normalized spacial score (nSPS) is 10.7. The lowest BCUT2D eigenvalue weighted by atomic mass is 10.0. The summed E-state index contributed by atoms with van der Waals surface area (Å²) in [5.41, 5.74) is 3.85. The fourth-order valence-corrected chi connectivity index (χ4v) is 2.54. The van der Waals surface area contributed by atoms with Crippen LogP contribution in [0.1, 0.15) is 34.2 Å². The quantitative estimate of drug-likeness (QED) is 0.621. The molecular formula is C20H17FO2. The Balaban J connectivity index is 1.97. The average molecular weight is 308 g/mol. The van der Waals surface area contributed by atoms with Crippen LogP contribution >= 0.6 is 0 Å². The van der Waals surface area contributed by atoms with Gasteiger partial charge in [0.2, 0.25) is 0 Å². The van der Waals surface area contributed by atoms with Crippen LogP contribution < -0.4 is 0 Å². The molecule has 0 aliphatic heterocycles. The number of ketones is 1. The first-order valence-electron chi connectivity index (χ1n) is 7.48. The summed E-state index contributed by atoms with van der Waals surface area (Å²) in [5, 5.41) is 0. The van der Waals surface area contributed by atoms with Crippen LogP contribution in [-0.2, 0) is 6.42 Å². The number of hydrogen-bond donors (Lipinski definition) is 0. The van der Waals surface area contributed by atoms with Crippen molar-refractivity contribution >= 4 is 5.78 Å². The minimum atomic E-state index is -0.270. The maximum absolute atomic E-state index is 13.0. The Bertz CT molecular complexity index is 827. The number of Topliss-reactive ketones (excluding diaryl/α,β-unsaturated/α-hetero) is 1. The third-order valence-electron chi connectivity index (χ3n) is 3.77. The molecule has 3 heteroatoms. The molecule has 0 saturated heterocycles. The molecule has 0 radical (unpaired) electrons. The van der Waals surface area contributed by atoms with E-state index in [9.17, 15) is 9.18 Å². The summed E-state index contributed by atoms with van der Waals surface area (Å²) in [6, 6.07) is 16.1. The number of aryl methyl sites for hydroxylation is 1. The molecule has 3 rings (SSSR count). The zero-order valence-corrected chi connectivity index (χ0v) is 13.1. The summed E-state index contributed by atoms with van der Waals surface area (Å²) < 4.78 is 18.8. The zero-order valence-electron chi connectivity index (χ0n) is 13.1. The number of benzene rings is 2.